The van der Waals surface area contributed by atoms with Crippen LogP contribution in [0.2, 0.25) is 0 Å². The minimum Gasteiger partial charge on any atom is -0.480 e. The summed E-state index contributed by atoms with van der Waals surface area (Å²) in [4.78, 5) is 10.0. The minimum atomic E-state index is -0.931. The number of carbonyl (C=O) groups is 1. The van der Waals surface area contributed by atoms with Crippen LogP contribution in [0.3, 0.4) is 0 Å². The predicted octanol–water partition coefficient (Wildman–Crippen LogP) is -1.44. The van der Waals surface area contributed by atoms with E-state index in [1.807, 2.05) is 0 Å². The van der Waals surface area contributed by atoms with E-state index in [-0.39, 0.29) is 13.6 Å². The highest BCUT2D eigenvalue weighted by molar-refractivity contribution is 6.13. The van der Waals surface area contributed by atoms with Crippen molar-refractivity contribution in [1.29, 1.82) is 0 Å². The van der Waals surface area contributed by atoms with Gasteiger partial charge >= 0.3 is 13.7 Å². The molecule has 0 aliphatic carbocycles. The fourth-order valence-electron chi connectivity index (χ4n) is 0.285. The van der Waals surface area contributed by atoms with Crippen molar-refractivity contribution in [1.82, 2.24) is 0 Å². The Bertz CT molecular complexity index is 109. The lowest BCUT2D eigenvalue weighted by atomic mass is 10.1. The summed E-state index contributed by atoms with van der Waals surface area (Å²) in [5, 5.41) is 22.2. The summed E-state index contributed by atoms with van der Waals surface area (Å²) in [7, 11) is 0. The molecule has 11 heavy (non-hydrogen) atoms. The monoisotopic (exact) mass is 162 g/mol. The summed E-state index contributed by atoms with van der Waals surface area (Å²) in [5.74, 6) is -0.910. The maximum Gasteiger partial charge on any atom is 0.482 e. The van der Waals surface area contributed by atoms with Gasteiger partial charge < -0.3 is 20.9 Å². The molecule has 1 unspecified atom stereocenters. The molecule has 1 radical (unpaired) electrons. The zero-order valence-corrected chi connectivity index (χ0v) is 6.56. The number of rotatable bonds is 2. The van der Waals surface area contributed by atoms with E-state index in [1.54, 1.807) is 13.8 Å². The first-order chi connectivity index (χ1) is 4.97. The first kappa shape index (κ1) is 13.0. The molecule has 0 aliphatic heterocycles. The molecule has 0 fully saturated rings. The molecule has 0 aliphatic rings. The van der Waals surface area contributed by atoms with Crippen LogP contribution in [-0.2, 0) is 4.79 Å². The summed E-state index contributed by atoms with van der Waals surface area (Å²) < 4.78 is 0. The molecule has 0 spiro atoms. The van der Waals surface area contributed by atoms with E-state index >= 15 is 0 Å². The van der Waals surface area contributed by atoms with Gasteiger partial charge in [-0.2, -0.15) is 0 Å². The molecule has 0 saturated carbocycles. The number of carboxylic acids is 1. The third-order valence-electron chi connectivity index (χ3n) is 1.00. The Morgan fingerprint density at radius 3 is 1.73 bits per heavy atom. The number of hydrogen-bond acceptors (Lipinski definition) is 4. The van der Waals surface area contributed by atoms with Crippen LogP contribution in [0.25, 0.3) is 0 Å². The van der Waals surface area contributed by atoms with Crippen LogP contribution in [0.5, 0.6) is 0 Å². The zero-order chi connectivity index (χ0) is 9.44. The Balaban J connectivity index is 0. The Morgan fingerprint density at radius 2 is 1.73 bits per heavy atom. The van der Waals surface area contributed by atoms with Crippen molar-refractivity contribution in [3.8, 4) is 0 Å². The quantitative estimate of drug-likeness (QED) is 0.372. The average Bonchev–Trinajstić information content (AvgIpc) is 1.87. The largest absolute Gasteiger partial charge is 0.482 e. The van der Waals surface area contributed by atoms with Gasteiger partial charge in [0.1, 0.15) is 6.04 Å². The maximum absolute atomic E-state index is 10.0. The molecule has 65 valence electrons. The Morgan fingerprint density at radius 1 is 1.45 bits per heavy atom. The van der Waals surface area contributed by atoms with E-state index in [4.69, 9.17) is 20.9 Å². The van der Waals surface area contributed by atoms with E-state index in [1.165, 1.54) is 0 Å². The van der Waals surface area contributed by atoms with E-state index in [0.29, 0.717) is 0 Å². The number of hydrogen-bond donors (Lipinski definition) is 4. The highest BCUT2D eigenvalue weighted by atomic mass is 16.4. The third kappa shape index (κ3) is 9.41. The number of carboxylic acid groups (broad SMARTS) is 1. The lowest BCUT2D eigenvalue weighted by molar-refractivity contribution is -0.139. The van der Waals surface area contributed by atoms with Crippen molar-refractivity contribution in [3.05, 3.63) is 0 Å². The fraction of sp³-hybridized carbons (Fsp3) is 0.800. The molecule has 0 bridgehead atoms. The van der Waals surface area contributed by atoms with Crippen LogP contribution in [-0.4, -0.2) is 34.9 Å². The molecule has 1 atom stereocenters. The molecule has 0 aromatic rings. The minimum absolute atomic E-state index is 0. The summed E-state index contributed by atoms with van der Waals surface area (Å²) in [6.45, 7) is 3.55. The summed E-state index contributed by atoms with van der Waals surface area (Å²) >= 11 is 0. The number of nitrogens with two attached hydrogens (primary N) is 1. The first-order valence-electron chi connectivity index (χ1n) is 3.05. The second kappa shape index (κ2) is 7.52. The molecule has 0 heterocycles. The Hall–Kier alpha value is -0.585. The second-order valence-electron chi connectivity index (χ2n) is 2.22. The lowest BCUT2D eigenvalue weighted by Gasteiger charge is -2.07. The van der Waals surface area contributed by atoms with Gasteiger partial charge in [-0.1, -0.05) is 13.8 Å². The van der Waals surface area contributed by atoms with Gasteiger partial charge in [-0.05, 0) is 5.92 Å². The zero-order valence-electron chi connectivity index (χ0n) is 6.56. The second-order valence-corrected chi connectivity index (χ2v) is 2.22. The van der Waals surface area contributed by atoms with Crippen molar-refractivity contribution in [2.24, 2.45) is 11.7 Å². The van der Waals surface area contributed by atoms with Gasteiger partial charge in [-0.25, -0.2) is 0 Å². The van der Waals surface area contributed by atoms with Crippen molar-refractivity contribution >= 4 is 13.7 Å². The van der Waals surface area contributed by atoms with Crippen molar-refractivity contribution in [3.63, 3.8) is 0 Å². The molecule has 0 saturated heterocycles. The molecule has 5 N–H and O–H groups in total. The smallest absolute Gasteiger partial charge is 0.480 e. The predicted molar refractivity (Wildman–Crippen MR) is 40.6 cm³/mol. The van der Waals surface area contributed by atoms with Crippen LogP contribution >= 0.6 is 0 Å². The van der Waals surface area contributed by atoms with E-state index in [9.17, 15) is 4.79 Å². The van der Waals surface area contributed by atoms with Gasteiger partial charge in [0, 0.05) is 0 Å². The van der Waals surface area contributed by atoms with Crippen molar-refractivity contribution in [2.75, 3.05) is 0 Å². The molecular weight excluding hydrogens is 149 g/mol. The topological polar surface area (TPSA) is 104 Å². The van der Waals surface area contributed by atoms with Gasteiger partial charge in [-0.3, -0.25) is 4.79 Å². The van der Waals surface area contributed by atoms with Gasteiger partial charge in [0.2, 0.25) is 0 Å². The Labute approximate surface area is 66.1 Å². The van der Waals surface area contributed by atoms with E-state index < -0.39 is 12.0 Å². The van der Waals surface area contributed by atoms with Crippen molar-refractivity contribution in [2.45, 2.75) is 19.9 Å². The highest BCUT2D eigenvalue weighted by Gasteiger charge is 2.14. The maximum atomic E-state index is 10.0. The summed E-state index contributed by atoms with van der Waals surface area (Å²) in [6.07, 6.45) is 0. The SMILES string of the molecule is CC(C)C(N)C(=O)O.O[B]O. The van der Waals surface area contributed by atoms with Crippen LogP contribution in [0.1, 0.15) is 13.8 Å². The van der Waals surface area contributed by atoms with Crippen LogP contribution in [0.15, 0.2) is 0 Å². The van der Waals surface area contributed by atoms with E-state index in [0.717, 1.165) is 0 Å². The molecule has 0 aromatic carbocycles. The van der Waals surface area contributed by atoms with Crippen LogP contribution in [0.4, 0.5) is 0 Å². The third-order valence-corrected chi connectivity index (χ3v) is 1.00. The van der Waals surface area contributed by atoms with Gasteiger partial charge in [0.05, 0.1) is 0 Å². The molecule has 0 aromatic heterocycles. The van der Waals surface area contributed by atoms with Crippen LogP contribution in [0, 0.1) is 5.92 Å². The fourth-order valence-corrected chi connectivity index (χ4v) is 0.285. The highest BCUT2D eigenvalue weighted by Crippen LogP contribution is 1.96. The molecule has 6 heteroatoms. The molecule has 0 rings (SSSR count). The van der Waals surface area contributed by atoms with E-state index in [2.05, 4.69) is 0 Å². The summed E-state index contributed by atoms with van der Waals surface area (Å²) in [6, 6.07) is -0.713. The normalized spacial score (nSPS) is 11.5. The summed E-state index contributed by atoms with van der Waals surface area (Å²) in [5.41, 5.74) is 5.16. The standard InChI is InChI=1S/C5H11NO2.BH2O2/c1-3(2)4(6)5(7)8;2-1-3/h3-4H,6H2,1-2H3,(H,7,8);2-3H. The van der Waals surface area contributed by atoms with Gasteiger partial charge in [0.15, 0.2) is 0 Å². The van der Waals surface area contributed by atoms with Crippen molar-refractivity contribution < 1.29 is 19.9 Å². The molecule has 5 nitrogen and oxygen atoms in total. The first-order valence-corrected chi connectivity index (χ1v) is 3.05. The van der Waals surface area contributed by atoms with Crippen LogP contribution < -0.4 is 5.73 Å². The lowest BCUT2D eigenvalue weighted by Crippen LogP contribution is -2.34. The van der Waals surface area contributed by atoms with Gasteiger partial charge in [0.25, 0.3) is 0 Å². The number of aliphatic carboxylic acids is 1. The van der Waals surface area contributed by atoms with Gasteiger partial charge in [-0.15, -0.1) is 0 Å². The molecular formula is C5H13BNO4. The average molecular weight is 162 g/mol. The Kier molecular flexibility index (Phi) is 8.91. The molecule has 0 amide bonds.